The molecule has 1 unspecified atom stereocenters. The Morgan fingerprint density at radius 3 is 2.50 bits per heavy atom. The summed E-state index contributed by atoms with van der Waals surface area (Å²) < 4.78 is 0. The number of hydrogen-bond acceptors (Lipinski definition) is 4. The maximum atomic E-state index is 10.5. The van der Waals surface area contributed by atoms with Crippen LogP contribution in [0.4, 0.5) is 0 Å². The quantitative estimate of drug-likeness (QED) is 0.593. The van der Waals surface area contributed by atoms with Gasteiger partial charge in [-0.1, -0.05) is 0 Å². The Labute approximate surface area is 75.7 Å². The molecule has 1 amide bonds. The van der Waals surface area contributed by atoms with E-state index in [9.17, 15) is 9.59 Å². The number of aldehydes is 1. The summed E-state index contributed by atoms with van der Waals surface area (Å²) in [7, 11) is 0. The number of amides is 1. The van der Waals surface area contributed by atoms with Gasteiger partial charge in [0.25, 0.3) is 0 Å². The number of nitrogens with zero attached hydrogens (tertiary/aromatic N) is 1. The number of carbonyl (C=O) groups is 2. The van der Waals surface area contributed by atoms with Crippen LogP contribution in [0.5, 0.6) is 0 Å². The fourth-order valence-electron chi connectivity index (χ4n) is 1.16. The average Bonchev–Trinajstić information content (AvgIpc) is 2.15. The molecule has 1 saturated heterocycles. The Bertz CT molecular complexity index is 159. The van der Waals surface area contributed by atoms with E-state index in [1.54, 1.807) is 0 Å². The zero-order valence-corrected chi connectivity index (χ0v) is 7.55. The molecule has 1 rings (SSSR count). The van der Waals surface area contributed by atoms with E-state index in [0.29, 0.717) is 6.41 Å². The van der Waals surface area contributed by atoms with Crippen LogP contribution in [0.1, 0.15) is 0 Å². The minimum Gasteiger partial charge on any atom is -0.337 e. The van der Waals surface area contributed by atoms with E-state index in [-0.39, 0.29) is 0 Å². The Morgan fingerprint density at radius 1 is 1.33 bits per heavy atom. The van der Waals surface area contributed by atoms with Crippen molar-refractivity contribution < 1.29 is 9.59 Å². The van der Waals surface area contributed by atoms with Gasteiger partial charge in [-0.15, -0.1) is 0 Å². The van der Waals surface area contributed by atoms with Crippen LogP contribution in [0.15, 0.2) is 0 Å². The third-order valence-corrected chi connectivity index (χ3v) is 2.75. The van der Waals surface area contributed by atoms with Crippen molar-refractivity contribution in [1.82, 2.24) is 10.2 Å². The van der Waals surface area contributed by atoms with Crippen molar-refractivity contribution >= 4 is 24.5 Å². The van der Waals surface area contributed by atoms with Crippen molar-refractivity contribution in [2.24, 2.45) is 0 Å². The minimum atomic E-state index is -0.427. The highest BCUT2D eigenvalue weighted by atomic mass is 32.2. The summed E-state index contributed by atoms with van der Waals surface area (Å²) in [5, 5.41) is 2.47. The predicted octanol–water partition coefficient (Wildman–Crippen LogP) is -0.694. The lowest BCUT2D eigenvalue weighted by Gasteiger charge is -2.30. The monoisotopic (exact) mass is 188 g/mol. The molecule has 0 aromatic heterocycles. The van der Waals surface area contributed by atoms with Gasteiger partial charge in [0.15, 0.2) is 6.29 Å². The summed E-state index contributed by atoms with van der Waals surface area (Å²) in [6.45, 7) is 1.74. The van der Waals surface area contributed by atoms with Crippen LogP contribution in [-0.4, -0.2) is 48.4 Å². The molecule has 4 nitrogen and oxygen atoms in total. The van der Waals surface area contributed by atoms with Gasteiger partial charge in [-0.25, -0.2) is 0 Å². The van der Waals surface area contributed by atoms with Crippen LogP contribution in [0.2, 0.25) is 0 Å². The number of nitrogens with one attached hydrogen (secondary N) is 1. The molecule has 1 fully saturated rings. The fourth-order valence-corrected chi connectivity index (χ4v) is 2.09. The number of thioether (sulfide) groups is 1. The normalized spacial score (nSPS) is 21.3. The van der Waals surface area contributed by atoms with E-state index in [1.165, 1.54) is 0 Å². The van der Waals surface area contributed by atoms with Crippen LogP contribution in [0, 0.1) is 0 Å². The van der Waals surface area contributed by atoms with Gasteiger partial charge in [-0.05, 0) is 0 Å². The minimum absolute atomic E-state index is 0.427. The first kappa shape index (κ1) is 9.54. The van der Waals surface area contributed by atoms with Gasteiger partial charge in [-0.3, -0.25) is 14.5 Å². The van der Waals surface area contributed by atoms with E-state index < -0.39 is 6.17 Å². The smallest absolute Gasteiger partial charge is 0.208 e. The number of carbonyl (C=O) groups excluding carboxylic acids is 2. The van der Waals surface area contributed by atoms with Gasteiger partial charge in [0.05, 0.1) is 0 Å². The van der Waals surface area contributed by atoms with Crippen LogP contribution in [0.25, 0.3) is 0 Å². The molecule has 0 aromatic rings. The molecule has 1 aliphatic rings. The molecule has 12 heavy (non-hydrogen) atoms. The van der Waals surface area contributed by atoms with E-state index in [2.05, 4.69) is 5.32 Å². The molecule has 0 bridgehead atoms. The van der Waals surface area contributed by atoms with Crippen LogP contribution >= 0.6 is 11.8 Å². The summed E-state index contributed by atoms with van der Waals surface area (Å²) in [5.41, 5.74) is 0. The highest BCUT2D eigenvalue weighted by Crippen LogP contribution is 2.09. The predicted molar refractivity (Wildman–Crippen MR) is 47.9 cm³/mol. The van der Waals surface area contributed by atoms with Gasteiger partial charge in [-0.2, -0.15) is 11.8 Å². The summed E-state index contributed by atoms with van der Waals surface area (Å²) in [4.78, 5) is 22.6. The lowest BCUT2D eigenvalue weighted by molar-refractivity contribution is -0.119. The van der Waals surface area contributed by atoms with Gasteiger partial charge in [0, 0.05) is 24.6 Å². The molecule has 0 spiro atoms. The number of rotatable bonds is 4. The summed E-state index contributed by atoms with van der Waals surface area (Å²) in [6.07, 6.45) is 0.911. The second-order valence-electron chi connectivity index (χ2n) is 2.51. The van der Waals surface area contributed by atoms with Crippen molar-refractivity contribution in [2.45, 2.75) is 6.17 Å². The lowest BCUT2D eigenvalue weighted by atomic mass is 10.4. The molecule has 1 atom stereocenters. The molecule has 0 aromatic carbocycles. The van der Waals surface area contributed by atoms with E-state index >= 15 is 0 Å². The average molecular weight is 188 g/mol. The zero-order chi connectivity index (χ0) is 8.81. The van der Waals surface area contributed by atoms with Crippen LogP contribution < -0.4 is 5.32 Å². The third-order valence-electron chi connectivity index (χ3n) is 1.81. The van der Waals surface area contributed by atoms with E-state index in [0.717, 1.165) is 30.9 Å². The maximum Gasteiger partial charge on any atom is 0.208 e. The van der Waals surface area contributed by atoms with E-state index in [1.807, 2.05) is 16.7 Å². The first-order chi connectivity index (χ1) is 5.88. The second-order valence-corrected chi connectivity index (χ2v) is 3.74. The topological polar surface area (TPSA) is 49.4 Å². The molecule has 0 radical (unpaired) electrons. The fraction of sp³-hybridized carbons (Fsp3) is 0.714. The van der Waals surface area contributed by atoms with Crippen molar-refractivity contribution in [3.05, 3.63) is 0 Å². The van der Waals surface area contributed by atoms with Gasteiger partial charge in [0.2, 0.25) is 6.41 Å². The highest BCUT2D eigenvalue weighted by Gasteiger charge is 2.18. The van der Waals surface area contributed by atoms with Crippen molar-refractivity contribution in [2.75, 3.05) is 24.6 Å². The van der Waals surface area contributed by atoms with E-state index in [4.69, 9.17) is 0 Å². The summed E-state index contributed by atoms with van der Waals surface area (Å²) in [6, 6.07) is 0. The van der Waals surface area contributed by atoms with Crippen molar-refractivity contribution in [3.63, 3.8) is 0 Å². The molecular formula is C7H12N2O2S. The zero-order valence-electron chi connectivity index (χ0n) is 6.73. The van der Waals surface area contributed by atoms with Gasteiger partial charge < -0.3 is 5.32 Å². The molecule has 5 heteroatoms. The maximum absolute atomic E-state index is 10.5. The Balaban J connectivity index is 2.39. The van der Waals surface area contributed by atoms with Crippen molar-refractivity contribution in [1.29, 1.82) is 0 Å². The Hall–Kier alpha value is -0.550. The first-order valence-electron chi connectivity index (χ1n) is 3.85. The lowest BCUT2D eigenvalue weighted by Crippen LogP contribution is -2.49. The third kappa shape index (κ3) is 2.49. The van der Waals surface area contributed by atoms with Gasteiger partial charge >= 0.3 is 0 Å². The molecular weight excluding hydrogens is 176 g/mol. The molecule has 1 aliphatic heterocycles. The summed E-state index contributed by atoms with van der Waals surface area (Å²) >= 11 is 1.87. The molecule has 1 N–H and O–H groups in total. The summed E-state index contributed by atoms with van der Waals surface area (Å²) in [5.74, 6) is 2.07. The standard InChI is InChI=1S/C7H12N2O2S/c10-5-7(8-6-11)9-1-3-12-4-2-9/h5-7H,1-4H2,(H,8,11). The molecule has 68 valence electrons. The number of hydrogen-bond donors (Lipinski definition) is 1. The van der Waals surface area contributed by atoms with Crippen LogP contribution in [-0.2, 0) is 9.59 Å². The first-order valence-corrected chi connectivity index (χ1v) is 5.00. The Kier molecular flexibility index (Phi) is 4.10. The molecule has 0 aliphatic carbocycles. The Morgan fingerprint density at radius 2 is 2.00 bits per heavy atom. The largest absolute Gasteiger partial charge is 0.337 e. The van der Waals surface area contributed by atoms with Gasteiger partial charge in [0.1, 0.15) is 6.17 Å². The highest BCUT2D eigenvalue weighted by molar-refractivity contribution is 7.99. The molecule has 0 saturated carbocycles. The second kappa shape index (κ2) is 5.16. The SMILES string of the molecule is O=CNC(C=O)N1CCSCC1. The van der Waals surface area contributed by atoms with Crippen molar-refractivity contribution in [3.8, 4) is 0 Å². The molecule has 1 heterocycles. The van der Waals surface area contributed by atoms with Crippen LogP contribution in [0.3, 0.4) is 0 Å².